The van der Waals surface area contributed by atoms with Gasteiger partial charge in [-0.1, -0.05) is 18.2 Å². The second-order valence-electron chi connectivity index (χ2n) is 4.14. The van der Waals surface area contributed by atoms with Gasteiger partial charge in [0.05, 0.1) is 5.56 Å². The van der Waals surface area contributed by atoms with Crippen molar-refractivity contribution in [2.45, 2.75) is 13.5 Å². The second kappa shape index (κ2) is 5.96. The summed E-state index contributed by atoms with van der Waals surface area (Å²) in [5.74, 6) is 0.132. The number of aromatic nitrogens is 2. The molecule has 20 heavy (non-hydrogen) atoms. The van der Waals surface area contributed by atoms with E-state index in [0.29, 0.717) is 11.4 Å². The first-order chi connectivity index (χ1) is 9.59. The van der Waals surface area contributed by atoms with E-state index in [1.165, 1.54) is 10.8 Å². The zero-order valence-electron chi connectivity index (χ0n) is 10.9. The number of rotatable bonds is 5. The lowest BCUT2D eigenvalue weighted by atomic mass is 10.2. The number of nitro groups is 1. The number of aryl methyl sites for hydroxylation is 1. The van der Waals surface area contributed by atoms with Gasteiger partial charge in [0.25, 0.3) is 5.82 Å². The lowest BCUT2D eigenvalue weighted by molar-refractivity contribution is -0.739. The summed E-state index contributed by atoms with van der Waals surface area (Å²) in [6, 6.07) is 8.59. The molecule has 0 spiro atoms. The summed E-state index contributed by atoms with van der Waals surface area (Å²) < 4.78 is 6.55. The SMILES string of the molecule is Cc1[nH]cc([N+](=O)[O-])[n+]1CCOC(=O)c1ccccc1. The molecule has 0 atom stereocenters. The Balaban J connectivity index is 1.95. The fraction of sp³-hybridized carbons (Fsp3) is 0.231. The molecule has 1 aromatic carbocycles. The van der Waals surface area contributed by atoms with Crippen molar-refractivity contribution in [2.24, 2.45) is 0 Å². The van der Waals surface area contributed by atoms with E-state index in [2.05, 4.69) is 4.98 Å². The van der Waals surface area contributed by atoms with Crippen LogP contribution < -0.4 is 4.57 Å². The molecule has 1 heterocycles. The first kappa shape index (κ1) is 13.7. The largest absolute Gasteiger partial charge is 0.519 e. The highest BCUT2D eigenvalue weighted by Gasteiger charge is 2.26. The average Bonchev–Trinajstić information content (AvgIpc) is 2.81. The summed E-state index contributed by atoms with van der Waals surface area (Å²) >= 11 is 0. The molecule has 0 radical (unpaired) electrons. The molecule has 0 fully saturated rings. The zero-order valence-corrected chi connectivity index (χ0v) is 10.9. The Kier molecular flexibility index (Phi) is 4.09. The highest BCUT2D eigenvalue weighted by molar-refractivity contribution is 5.89. The fourth-order valence-corrected chi connectivity index (χ4v) is 1.82. The van der Waals surface area contributed by atoms with Crippen molar-refractivity contribution in [2.75, 3.05) is 6.61 Å². The lowest BCUT2D eigenvalue weighted by Crippen LogP contribution is -2.39. The minimum absolute atomic E-state index is 0.0572. The predicted molar refractivity (Wildman–Crippen MR) is 69.1 cm³/mol. The number of esters is 1. The molecule has 0 bridgehead atoms. The first-order valence-electron chi connectivity index (χ1n) is 6.04. The van der Waals surface area contributed by atoms with Crippen LogP contribution in [0.15, 0.2) is 36.5 Å². The maximum atomic E-state index is 11.7. The third-order valence-electron chi connectivity index (χ3n) is 2.84. The predicted octanol–water partition coefficient (Wildman–Crippen LogP) is 1.38. The number of ether oxygens (including phenoxy) is 1. The van der Waals surface area contributed by atoms with Crippen LogP contribution in [0.2, 0.25) is 0 Å². The minimum atomic E-state index is -0.484. The van der Waals surface area contributed by atoms with Crippen LogP contribution in [0.3, 0.4) is 0 Å². The van der Waals surface area contributed by atoms with Crippen LogP contribution in [0.25, 0.3) is 0 Å². The lowest BCUT2D eigenvalue weighted by Gasteiger charge is -2.02. The molecule has 2 aromatic rings. The quantitative estimate of drug-likeness (QED) is 0.386. The van der Waals surface area contributed by atoms with Gasteiger partial charge in [-0.15, -0.1) is 4.57 Å². The number of benzene rings is 1. The number of H-pyrrole nitrogens is 1. The molecule has 104 valence electrons. The van der Waals surface area contributed by atoms with Crippen LogP contribution in [-0.2, 0) is 11.3 Å². The molecule has 7 heteroatoms. The highest BCUT2D eigenvalue weighted by atomic mass is 16.6. The van der Waals surface area contributed by atoms with E-state index in [4.69, 9.17) is 4.74 Å². The molecule has 0 saturated carbocycles. The Morgan fingerprint density at radius 1 is 1.40 bits per heavy atom. The zero-order chi connectivity index (χ0) is 14.5. The van der Waals surface area contributed by atoms with Crippen molar-refractivity contribution in [3.05, 3.63) is 58.0 Å². The standard InChI is InChI=1S/C13H13N3O4/c1-10-14-9-12(16(18)19)15(10)7-8-20-13(17)11-5-3-2-4-6-11/h2-6,9H,7-8H2,1H3/p+1. The summed E-state index contributed by atoms with van der Waals surface area (Å²) in [4.78, 5) is 24.8. The molecule has 0 aliphatic rings. The van der Waals surface area contributed by atoms with Crippen LogP contribution in [0.4, 0.5) is 5.82 Å². The first-order valence-corrected chi connectivity index (χ1v) is 6.04. The van der Waals surface area contributed by atoms with Crippen molar-refractivity contribution in [1.29, 1.82) is 0 Å². The van der Waals surface area contributed by atoms with E-state index >= 15 is 0 Å². The van der Waals surface area contributed by atoms with Crippen molar-refractivity contribution in [3.8, 4) is 0 Å². The number of aromatic amines is 1. The van der Waals surface area contributed by atoms with E-state index in [9.17, 15) is 14.9 Å². The molecule has 1 N–H and O–H groups in total. The third kappa shape index (κ3) is 3.00. The van der Waals surface area contributed by atoms with Crippen LogP contribution >= 0.6 is 0 Å². The Bertz CT molecular complexity index is 622. The maximum Gasteiger partial charge on any atom is 0.519 e. The monoisotopic (exact) mass is 276 g/mol. The maximum absolute atomic E-state index is 11.7. The van der Waals surface area contributed by atoms with Gasteiger partial charge >= 0.3 is 11.8 Å². The molecule has 2 rings (SSSR count). The minimum Gasteiger partial charge on any atom is -0.455 e. The van der Waals surface area contributed by atoms with Gasteiger partial charge in [-0.25, -0.2) is 4.79 Å². The normalized spacial score (nSPS) is 10.2. The van der Waals surface area contributed by atoms with Gasteiger partial charge in [-0.3, -0.25) is 10.1 Å². The van der Waals surface area contributed by atoms with E-state index in [1.54, 1.807) is 37.3 Å². The van der Waals surface area contributed by atoms with Gasteiger partial charge in [0.15, 0.2) is 19.3 Å². The molecule has 0 aliphatic carbocycles. The highest BCUT2D eigenvalue weighted by Crippen LogP contribution is 2.04. The van der Waals surface area contributed by atoms with E-state index < -0.39 is 10.9 Å². The Morgan fingerprint density at radius 2 is 2.10 bits per heavy atom. The summed E-state index contributed by atoms with van der Waals surface area (Å²) in [5.41, 5.74) is 0.456. The van der Waals surface area contributed by atoms with Gasteiger partial charge in [0, 0.05) is 6.92 Å². The molecule has 0 unspecified atom stereocenters. The smallest absolute Gasteiger partial charge is 0.455 e. The number of hydrogen-bond acceptors (Lipinski definition) is 4. The van der Waals surface area contributed by atoms with Gasteiger partial charge in [-0.05, 0) is 12.1 Å². The summed E-state index contributed by atoms with van der Waals surface area (Å²) in [7, 11) is 0. The number of nitrogens with one attached hydrogen (secondary N) is 1. The van der Waals surface area contributed by atoms with Crippen LogP contribution in [0.5, 0.6) is 0 Å². The average molecular weight is 276 g/mol. The van der Waals surface area contributed by atoms with Crippen molar-refractivity contribution >= 4 is 11.8 Å². The summed E-state index contributed by atoms with van der Waals surface area (Å²) in [6.45, 7) is 2.01. The van der Waals surface area contributed by atoms with Crippen molar-refractivity contribution < 1.29 is 19.0 Å². The van der Waals surface area contributed by atoms with Gasteiger partial charge < -0.3 is 9.72 Å². The molecule has 0 aliphatic heterocycles. The van der Waals surface area contributed by atoms with Crippen molar-refractivity contribution in [1.82, 2.24) is 4.98 Å². The van der Waals surface area contributed by atoms with Crippen LogP contribution in [0.1, 0.15) is 16.2 Å². The van der Waals surface area contributed by atoms with Crippen molar-refractivity contribution in [3.63, 3.8) is 0 Å². The van der Waals surface area contributed by atoms with Gasteiger partial charge in [0.1, 0.15) is 4.92 Å². The Hall–Kier alpha value is -2.70. The Labute approximate surface area is 115 Å². The van der Waals surface area contributed by atoms with Gasteiger partial charge in [0.2, 0.25) is 0 Å². The van der Waals surface area contributed by atoms with E-state index in [-0.39, 0.29) is 19.0 Å². The fourth-order valence-electron chi connectivity index (χ4n) is 1.82. The second-order valence-corrected chi connectivity index (χ2v) is 4.14. The summed E-state index contributed by atoms with van der Waals surface area (Å²) in [6.07, 6.45) is 1.31. The molecule has 7 nitrogen and oxygen atoms in total. The number of imidazole rings is 1. The van der Waals surface area contributed by atoms with Gasteiger partial charge in [-0.2, -0.15) is 0 Å². The van der Waals surface area contributed by atoms with Crippen LogP contribution in [-0.4, -0.2) is 22.5 Å². The number of carbonyl (C=O) groups is 1. The number of carbonyl (C=O) groups excluding carboxylic acids is 1. The Morgan fingerprint density at radius 3 is 2.75 bits per heavy atom. The molecule has 0 amide bonds. The van der Waals surface area contributed by atoms with E-state index in [1.807, 2.05) is 0 Å². The molecule has 1 aromatic heterocycles. The number of nitrogens with zero attached hydrogens (tertiary/aromatic N) is 2. The van der Waals surface area contributed by atoms with E-state index in [0.717, 1.165) is 0 Å². The molecular weight excluding hydrogens is 262 g/mol. The topological polar surface area (TPSA) is 89.1 Å². The summed E-state index contributed by atoms with van der Waals surface area (Å²) in [5, 5.41) is 10.8. The third-order valence-corrected chi connectivity index (χ3v) is 2.84. The van der Waals surface area contributed by atoms with Crippen LogP contribution in [0, 0.1) is 17.0 Å². The number of hydrogen-bond donors (Lipinski definition) is 1. The molecule has 0 saturated heterocycles. The molecular formula is C13H14N3O4+.